The van der Waals surface area contributed by atoms with E-state index in [0.717, 1.165) is 0 Å². The lowest BCUT2D eigenvalue weighted by Crippen LogP contribution is -2.37. The summed E-state index contributed by atoms with van der Waals surface area (Å²) in [7, 11) is 1.72. The monoisotopic (exact) mass is 207 g/mol. The van der Waals surface area contributed by atoms with Crippen molar-refractivity contribution in [2.24, 2.45) is 0 Å². The van der Waals surface area contributed by atoms with Gasteiger partial charge in [0.2, 0.25) is 0 Å². The molecule has 0 saturated carbocycles. The van der Waals surface area contributed by atoms with E-state index >= 15 is 0 Å². The number of likely N-dealkylation sites (N-methyl/N-ethyl adjacent to an activating group) is 1. The van der Waals surface area contributed by atoms with Crippen LogP contribution in [0.3, 0.4) is 0 Å². The zero-order chi connectivity index (χ0) is 10.1. The van der Waals surface area contributed by atoms with E-state index in [1.165, 1.54) is 11.8 Å². The zero-order valence-electron chi connectivity index (χ0n) is 8.08. The Morgan fingerprint density at radius 3 is 2.85 bits per heavy atom. The predicted molar refractivity (Wildman–Crippen MR) is 53.9 cm³/mol. The van der Waals surface area contributed by atoms with Crippen LogP contribution in [0.1, 0.15) is 6.92 Å². The van der Waals surface area contributed by atoms with Crippen LogP contribution in [0.5, 0.6) is 0 Å². The number of carbonyl (C=O) groups is 1. The van der Waals surface area contributed by atoms with Gasteiger partial charge in [0.15, 0.2) is 0 Å². The average molecular weight is 207 g/mol. The van der Waals surface area contributed by atoms with Gasteiger partial charge in [-0.2, -0.15) is 11.8 Å². The minimum absolute atomic E-state index is 0.143. The number of esters is 1. The molecule has 0 aromatic rings. The van der Waals surface area contributed by atoms with Gasteiger partial charge in [-0.15, -0.1) is 0 Å². The molecule has 1 atom stereocenters. The van der Waals surface area contributed by atoms with Crippen LogP contribution in [0, 0.1) is 0 Å². The summed E-state index contributed by atoms with van der Waals surface area (Å²) in [6.45, 7) is 2.33. The maximum atomic E-state index is 11.2. The topological polar surface area (TPSA) is 58.6 Å². The Morgan fingerprint density at radius 2 is 2.38 bits per heavy atom. The molecule has 0 amide bonds. The molecule has 13 heavy (non-hydrogen) atoms. The van der Waals surface area contributed by atoms with E-state index in [1.807, 2.05) is 0 Å². The molecule has 0 aromatic heterocycles. The highest BCUT2D eigenvalue weighted by Crippen LogP contribution is 2.03. The molecule has 0 spiro atoms. The van der Waals surface area contributed by atoms with Crippen molar-refractivity contribution in [1.82, 2.24) is 5.32 Å². The Hall–Kier alpha value is -0.260. The molecule has 4 nitrogen and oxygen atoms in total. The highest BCUT2D eigenvalue weighted by molar-refractivity contribution is 7.99. The lowest BCUT2D eigenvalue weighted by molar-refractivity contribution is -0.144. The number of rotatable bonds is 7. The van der Waals surface area contributed by atoms with Gasteiger partial charge in [0.25, 0.3) is 0 Å². The van der Waals surface area contributed by atoms with Crippen molar-refractivity contribution in [2.45, 2.75) is 13.0 Å². The zero-order valence-corrected chi connectivity index (χ0v) is 8.89. The molecule has 0 saturated heterocycles. The maximum Gasteiger partial charge on any atom is 0.323 e. The molecule has 0 aliphatic rings. The van der Waals surface area contributed by atoms with Gasteiger partial charge in [-0.1, -0.05) is 0 Å². The molecule has 2 N–H and O–H groups in total. The first kappa shape index (κ1) is 12.7. The van der Waals surface area contributed by atoms with E-state index in [-0.39, 0.29) is 18.6 Å². The summed E-state index contributed by atoms with van der Waals surface area (Å²) >= 11 is 1.53. The van der Waals surface area contributed by atoms with E-state index in [1.54, 1.807) is 14.0 Å². The molecule has 1 unspecified atom stereocenters. The fourth-order valence-electron chi connectivity index (χ4n) is 0.778. The van der Waals surface area contributed by atoms with Crippen molar-refractivity contribution in [2.75, 3.05) is 31.8 Å². The van der Waals surface area contributed by atoms with Crippen LogP contribution in [0.25, 0.3) is 0 Å². The highest BCUT2D eigenvalue weighted by atomic mass is 32.2. The third kappa shape index (κ3) is 5.90. The second-order valence-corrected chi connectivity index (χ2v) is 3.54. The van der Waals surface area contributed by atoms with Crippen LogP contribution in [0.2, 0.25) is 0 Å². The van der Waals surface area contributed by atoms with Crippen molar-refractivity contribution in [1.29, 1.82) is 0 Å². The van der Waals surface area contributed by atoms with Crippen molar-refractivity contribution in [3.63, 3.8) is 0 Å². The number of aliphatic hydroxyl groups excluding tert-OH is 1. The number of hydrogen-bond donors (Lipinski definition) is 2. The van der Waals surface area contributed by atoms with Gasteiger partial charge in [-0.3, -0.25) is 4.79 Å². The van der Waals surface area contributed by atoms with Crippen molar-refractivity contribution in [3.8, 4) is 0 Å². The summed E-state index contributed by atoms with van der Waals surface area (Å²) in [6.07, 6.45) is 0. The third-order valence-corrected chi connectivity index (χ3v) is 2.48. The standard InChI is InChI=1S/C8H17NO3S/c1-3-12-8(11)7(9-2)6-13-5-4-10/h7,9-10H,3-6H2,1-2H3. The number of nitrogens with one attached hydrogen (secondary N) is 1. The van der Waals surface area contributed by atoms with Crippen LogP contribution >= 0.6 is 11.8 Å². The molecule has 5 heteroatoms. The molecule has 0 rings (SSSR count). The predicted octanol–water partition coefficient (Wildman–Crippen LogP) is -0.137. The number of ether oxygens (including phenoxy) is 1. The van der Waals surface area contributed by atoms with E-state index in [2.05, 4.69) is 5.32 Å². The maximum absolute atomic E-state index is 11.2. The number of carbonyl (C=O) groups excluding carboxylic acids is 1. The molecule has 0 aliphatic heterocycles. The number of hydrogen-bond acceptors (Lipinski definition) is 5. The molecule has 0 bridgehead atoms. The van der Waals surface area contributed by atoms with Gasteiger partial charge < -0.3 is 15.2 Å². The average Bonchev–Trinajstić information content (AvgIpc) is 2.13. The van der Waals surface area contributed by atoms with E-state index in [9.17, 15) is 4.79 Å². The number of thioether (sulfide) groups is 1. The molecule has 0 aromatic carbocycles. The van der Waals surface area contributed by atoms with E-state index in [0.29, 0.717) is 18.1 Å². The van der Waals surface area contributed by atoms with E-state index < -0.39 is 0 Å². The van der Waals surface area contributed by atoms with Crippen LogP contribution in [0.4, 0.5) is 0 Å². The van der Waals surface area contributed by atoms with Crippen molar-refractivity contribution >= 4 is 17.7 Å². The second-order valence-electron chi connectivity index (χ2n) is 2.39. The molecule has 78 valence electrons. The smallest absolute Gasteiger partial charge is 0.323 e. The summed E-state index contributed by atoms with van der Waals surface area (Å²) in [5.74, 6) is 1.06. The van der Waals surface area contributed by atoms with Gasteiger partial charge >= 0.3 is 5.97 Å². The Labute approximate surface area is 83.0 Å². The Bertz CT molecular complexity index is 143. The minimum Gasteiger partial charge on any atom is -0.465 e. The molecule has 0 aliphatic carbocycles. The minimum atomic E-state index is -0.267. The Balaban J connectivity index is 3.67. The van der Waals surface area contributed by atoms with Gasteiger partial charge in [-0.05, 0) is 14.0 Å². The largest absolute Gasteiger partial charge is 0.465 e. The first-order chi connectivity index (χ1) is 6.26. The fourth-order valence-corrected chi connectivity index (χ4v) is 1.61. The van der Waals surface area contributed by atoms with E-state index in [4.69, 9.17) is 9.84 Å². The summed E-state index contributed by atoms with van der Waals surface area (Å²) in [5.41, 5.74) is 0. The lowest BCUT2D eigenvalue weighted by Gasteiger charge is -2.13. The SMILES string of the molecule is CCOC(=O)C(CSCCO)NC. The summed E-state index contributed by atoms with van der Waals surface area (Å²) in [5, 5.41) is 11.4. The normalized spacial score (nSPS) is 12.5. The van der Waals surface area contributed by atoms with Crippen LogP contribution in [-0.2, 0) is 9.53 Å². The van der Waals surface area contributed by atoms with Gasteiger partial charge in [0.05, 0.1) is 13.2 Å². The Kier molecular flexibility index (Phi) is 8.18. The lowest BCUT2D eigenvalue weighted by atomic mass is 10.3. The van der Waals surface area contributed by atoms with Crippen LogP contribution < -0.4 is 5.32 Å². The summed E-state index contributed by atoms with van der Waals surface area (Å²) in [6, 6.07) is -0.267. The van der Waals surface area contributed by atoms with Crippen molar-refractivity contribution < 1.29 is 14.6 Å². The summed E-state index contributed by atoms with van der Waals surface area (Å²) in [4.78, 5) is 11.2. The third-order valence-electron chi connectivity index (χ3n) is 1.44. The van der Waals surface area contributed by atoms with Gasteiger partial charge in [0.1, 0.15) is 6.04 Å². The summed E-state index contributed by atoms with van der Waals surface area (Å²) < 4.78 is 4.85. The van der Waals surface area contributed by atoms with Gasteiger partial charge in [0, 0.05) is 11.5 Å². The molecule has 0 heterocycles. The highest BCUT2D eigenvalue weighted by Gasteiger charge is 2.16. The fraction of sp³-hybridized carbons (Fsp3) is 0.875. The van der Waals surface area contributed by atoms with Gasteiger partial charge in [-0.25, -0.2) is 0 Å². The van der Waals surface area contributed by atoms with Crippen molar-refractivity contribution in [3.05, 3.63) is 0 Å². The molecular weight excluding hydrogens is 190 g/mol. The molecular formula is C8H17NO3S. The second kappa shape index (κ2) is 8.34. The molecule has 0 fully saturated rings. The first-order valence-corrected chi connectivity index (χ1v) is 5.44. The number of aliphatic hydroxyl groups is 1. The quantitative estimate of drug-likeness (QED) is 0.449. The van der Waals surface area contributed by atoms with Crippen LogP contribution in [-0.4, -0.2) is 48.9 Å². The van der Waals surface area contributed by atoms with Crippen LogP contribution in [0.15, 0.2) is 0 Å². The first-order valence-electron chi connectivity index (χ1n) is 4.28. The molecule has 0 radical (unpaired) electrons. The Morgan fingerprint density at radius 1 is 1.69 bits per heavy atom.